The molecule has 0 radical (unpaired) electrons. The molecule has 2 N–H and O–H groups in total. The van der Waals surface area contributed by atoms with Gasteiger partial charge in [-0.25, -0.2) is 4.39 Å². The largest absolute Gasteiger partial charge is 0.390 e. The zero-order chi connectivity index (χ0) is 16.1. The summed E-state index contributed by atoms with van der Waals surface area (Å²) in [5.41, 5.74) is 0.855. The summed E-state index contributed by atoms with van der Waals surface area (Å²) in [4.78, 5) is 14.2. The zero-order valence-corrected chi connectivity index (χ0v) is 13.3. The first kappa shape index (κ1) is 16.9. The number of aliphatic hydroxyl groups is 1. The second kappa shape index (κ2) is 7.70. The number of nitrogens with one attached hydrogen (secondary N) is 1. The predicted molar refractivity (Wildman–Crippen MR) is 84.3 cm³/mol. The molecular weight excluding hydrogens is 283 g/mol. The van der Waals surface area contributed by atoms with Gasteiger partial charge in [0.2, 0.25) is 0 Å². The molecule has 5 heteroatoms. The van der Waals surface area contributed by atoms with Crippen molar-refractivity contribution in [2.24, 2.45) is 5.92 Å². The van der Waals surface area contributed by atoms with Gasteiger partial charge in [0.15, 0.2) is 0 Å². The fourth-order valence-corrected chi connectivity index (χ4v) is 2.71. The van der Waals surface area contributed by atoms with Gasteiger partial charge < -0.3 is 15.3 Å². The Bertz CT molecular complexity index is 513. The molecule has 1 aromatic rings. The van der Waals surface area contributed by atoms with Crippen molar-refractivity contribution in [3.63, 3.8) is 0 Å². The van der Waals surface area contributed by atoms with Crippen LogP contribution in [0.3, 0.4) is 0 Å². The number of amides is 1. The van der Waals surface area contributed by atoms with E-state index in [4.69, 9.17) is 0 Å². The molecule has 0 aromatic heterocycles. The predicted octanol–water partition coefficient (Wildman–Crippen LogP) is 1.96. The van der Waals surface area contributed by atoms with Gasteiger partial charge in [0.05, 0.1) is 6.10 Å². The van der Waals surface area contributed by atoms with E-state index < -0.39 is 6.10 Å². The van der Waals surface area contributed by atoms with E-state index >= 15 is 0 Å². The Balaban J connectivity index is 1.76. The summed E-state index contributed by atoms with van der Waals surface area (Å²) in [6.45, 7) is 6.67. The van der Waals surface area contributed by atoms with Crippen LogP contribution in [0.4, 0.5) is 4.39 Å². The van der Waals surface area contributed by atoms with Crippen molar-refractivity contribution >= 4 is 5.91 Å². The average molecular weight is 308 g/mol. The number of piperidine rings is 1. The molecule has 122 valence electrons. The Kier molecular flexibility index (Phi) is 5.91. The number of aryl methyl sites for hydroxylation is 1. The van der Waals surface area contributed by atoms with Crippen molar-refractivity contribution in [1.82, 2.24) is 10.2 Å². The molecule has 1 aromatic carbocycles. The van der Waals surface area contributed by atoms with Crippen molar-refractivity contribution in [3.05, 3.63) is 35.1 Å². The summed E-state index contributed by atoms with van der Waals surface area (Å²) in [6, 6.07) is 4.26. The molecule has 1 heterocycles. The van der Waals surface area contributed by atoms with Crippen LogP contribution in [0.25, 0.3) is 0 Å². The van der Waals surface area contributed by atoms with Gasteiger partial charge in [-0.3, -0.25) is 4.79 Å². The maximum Gasteiger partial charge on any atom is 0.251 e. The fourth-order valence-electron chi connectivity index (χ4n) is 2.71. The SMILES string of the molecule is Cc1cc(C(=O)NCC(O)CN2CCC(C)CC2)ccc1F. The molecule has 1 unspecified atom stereocenters. The Morgan fingerprint density at radius 2 is 2.14 bits per heavy atom. The standard InChI is InChI=1S/C17H25FN2O2/c1-12-5-7-20(8-6-12)11-15(21)10-19-17(22)14-3-4-16(18)13(2)9-14/h3-4,9,12,15,21H,5-8,10-11H2,1-2H3,(H,19,22). The van der Waals surface area contributed by atoms with Crippen LogP contribution in [0.2, 0.25) is 0 Å². The number of benzene rings is 1. The van der Waals surface area contributed by atoms with Gasteiger partial charge in [-0.1, -0.05) is 6.92 Å². The minimum atomic E-state index is -0.584. The van der Waals surface area contributed by atoms with Gasteiger partial charge >= 0.3 is 0 Å². The van der Waals surface area contributed by atoms with E-state index in [1.54, 1.807) is 6.92 Å². The number of hydrogen-bond donors (Lipinski definition) is 2. The van der Waals surface area contributed by atoms with Gasteiger partial charge in [-0.15, -0.1) is 0 Å². The third-order valence-electron chi connectivity index (χ3n) is 4.26. The summed E-state index contributed by atoms with van der Waals surface area (Å²) >= 11 is 0. The smallest absolute Gasteiger partial charge is 0.251 e. The molecule has 4 nitrogen and oxygen atoms in total. The highest BCUT2D eigenvalue weighted by atomic mass is 19.1. The Labute approximate surface area is 131 Å². The van der Waals surface area contributed by atoms with Gasteiger partial charge in [0.1, 0.15) is 5.82 Å². The summed E-state index contributed by atoms with van der Waals surface area (Å²) in [5.74, 6) is 0.153. The maximum atomic E-state index is 13.2. The summed E-state index contributed by atoms with van der Waals surface area (Å²) in [5, 5.41) is 12.8. The highest BCUT2D eigenvalue weighted by molar-refractivity contribution is 5.94. The Morgan fingerprint density at radius 1 is 1.45 bits per heavy atom. The maximum absolute atomic E-state index is 13.2. The monoisotopic (exact) mass is 308 g/mol. The first-order valence-electron chi connectivity index (χ1n) is 7.90. The third kappa shape index (κ3) is 4.78. The highest BCUT2D eigenvalue weighted by Gasteiger charge is 2.18. The number of hydrogen-bond acceptors (Lipinski definition) is 3. The number of likely N-dealkylation sites (tertiary alicyclic amines) is 1. The van der Waals surface area contributed by atoms with E-state index in [-0.39, 0.29) is 18.3 Å². The highest BCUT2D eigenvalue weighted by Crippen LogP contribution is 2.15. The lowest BCUT2D eigenvalue weighted by molar-refractivity contribution is 0.0795. The van der Waals surface area contributed by atoms with Gasteiger partial charge in [0.25, 0.3) is 5.91 Å². The van der Waals surface area contributed by atoms with Crippen LogP contribution < -0.4 is 5.32 Å². The van der Waals surface area contributed by atoms with Gasteiger partial charge in [-0.05, 0) is 62.5 Å². The average Bonchev–Trinajstić information content (AvgIpc) is 2.50. The lowest BCUT2D eigenvalue weighted by atomic mass is 9.99. The molecule has 0 spiro atoms. The molecule has 1 aliphatic heterocycles. The molecule has 1 saturated heterocycles. The molecule has 0 saturated carbocycles. The number of β-amino-alcohol motifs (C(OH)–C–C–N with tert-alkyl or cyclic N) is 1. The lowest BCUT2D eigenvalue weighted by Crippen LogP contribution is -2.43. The van der Waals surface area contributed by atoms with Crippen molar-refractivity contribution in [2.45, 2.75) is 32.8 Å². The van der Waals surface area contributed by atoms with Crippen LogP contribution in [0.15, 0.2) is 18.2 Å². The molecule has 22 heavy (non-hydrogen) atoms. The van der Waals surface area contributed by atoms with Crippen molar-refractivity contribution in [1.29, 1.82) is 0 Å². The second-order valence-electron chi connectivity index (χ2n) is 6.31. The number of aliphatic hydroxyl groups excluding tert-OH is 1. The van der Waals surface area contributed by atoms with Crippen LogP contribution in [-0.4, -0.2) is 48.2 Å². The Morgan fingerprint density at radius 3 is 2.77 bits per heavy atom. The molecular formula is C17H25FN2O2. The van der Waals surface area contributed by atoms with Crippen molar-refractivity contribution < 1.29 is 14.3 Å². The molecule has 1 amide bonds. The van der Waals surface area contributed by atoms with E-state index in [0.29, 0.717) is 17.7 Å². The minimum Gasteiger partial charge on any atom is -0.390 e. The first-order valence-corrected chi connectivity index (χ1v) is 7.90. The van der Waals surface area contributed by atoms with Crippen LogP contribution >= 0.6 is 0 Å². The molecule has 0 aliphatic carbocycles. The topological polar surface area (TPSA) is 52.6 Å². The normalized spacial score (nSPS) is 18.2. The van der Waals surface area contributed by atoms with Crippen LogP contribution in [0.5, 0.6) is 0 Å². The van der Waals surface area contributed by atoms with E-state index in [0.717, 1.165) is 31.8 Å². The summed E-state index contributed by atoms with van der Waals surface area (Å²) in [6.07, 6.45) is 1.74. The Hall–Kier alpha value is -1.46. The van der Waals surface area contributed by atoms with Crippen molar-refractivity contribution in [3.8, 4) is 0 Å². The van der Waals surface area contributed by atoms with Crippen LogP contribution in [-0.2, 0) is 0 Å². The molecule has 1 fully saturated rings. The van der Waals surface area contributed by atoms with Crippen molar-refractivity contribution in [2.75, 3.05) is 26.2 Å². The molecule has 1 aliphatic rings. The number of carbonyl (C=O) groups excluding carboxylic acids is 1. The fraction of sp³-hybridized carbons (Fsp3) is 0.588. The van der Waals surface area contributed by atoms with Crippen LogP contribution in [0, 0.1) is 18.7 Å². The van der Waals surface area contributed by atoms with E-state index in [2.05, 4.69) is 17.1 Å². The molecule has 0 bridgehead atoms. The number of carbonyl (C=O) groups is 1. The molecule has 1 atom stereocenters. The minimum absolute atomic E-state index is 0.210. The number of halogens is 1. The first-order chi connectivity index (χ1) is 10.5. The number of rotatable bonds is 5. The van der Waals surface area contributed by atoms with Gasteiger partial charge in [-0.2, -0.15) is 0 Å². The summed E-state index contributed by atoms with van der Waals surface area (Å²) < 4.78 is 13.2. The quantitative estimate of drug-likeness (QED) is 0.874. The van der Waals surface area contributed by atoms with E-state index in [1.807, 2.05) is 0 Å². The van der Waals surface area contributed by atoms with E-state index in [9.17, 15) is 14.3 Å². The third-order valence-corrected chi connectivity index (χ3v) is 4.26. The van der Waals surface area contributed by atoms with Gasteiger partial charge in [0, 0.05) is 18.7 Å². The van der Waals surface area contributed by atoms with Crippen LogP contribution in [0.1, 0.15) is 35.7 Å². The summed E-state index contributed by atoms with van der Waals surface area (Å²) in [7, 11) is 0. The lowest BCUT2D eigenvalue weighted by Gasteiger charge is -2.31. The zero-order valence-electron chi connectivity index (χ0n) is 13.3. The number of nitrogens with zero attached hydrogens (tertiary/aromatic N) is 1. The molecule has 2 rings (SSSR count). The van der Waals surface area contributed by atoms with E-state index in [1.165, 1.54) is 18.2 Å². The second-order valence-corrected chi connectivity index (χ2v) is 6.31.